The van der Waals surface area contributed by atoms with Crippen LogP contribution in [-0.4, -0.2) is 43.6 Å². The maximum Gasteiger partial charge on any atom is 0.191 e. The van der Waals surface area contributed by atoms with Crippen LogP contribution in [0, 0.1) is 0 Å². The zero-order valence-corrected chi connectivity index (χ0v) is 15.4. The molecule has 1 saturated heterocycles. The van der Waals surface area contributed by atoms with Crippen molar-refractivity contribution in [3.63, 3.8) is 0 Å². The van der Waals surface area contributed by atoms with Gasteiger partial charge in [-0.3, -0.25) is 9.89 Å². The molecule has 0 bridgehead atoms. The summed E-state index contributed by atoms with van der Waals surface area (Å²) in [6.07, 6.45) is 3.37. The second-order valence-corrected chi connectivity index (χ2v) is 6.70. The molecule has 4 heteroatoms. The van der Waals surface area contributed by atoms with Crippen molar-refractivity contribution in [1.82, 2.24) is 15.5 Å². The summed E-state index contributed by atoms with van der Waals surface area (Å²) in [5, 5.41) is 7.04. The Kier molecular flexibility index (Phi) is 7.32. The van der Waals surface area contributed by atoms with Crippen molar-refractivity contribution < 1.29 is 0 Å². The summed E-state index contributed by atoms with van der Waals surface area (Å²) < 4.78 is 0. The van der Waals surface area contributed by atoms with Gasteiger partial charge in [0.05, 0.1) is 0 Å². The topological polar surface area (TPSA) is 39.7 Å². The van der Waals surface area contributed by atoms with E-state index in [1.807, 2.05) is 7.05 Å². The third-order valence-corrected chi connectivity index (χ3v) is 4.59. The lowest BCUT2D eigenvalue weighted by Gasteiger charge is -2.33. The van der Waals surface area contributed by atoms with E-state index < -0.39 is 0 Å². The molecule has 132 valence electrons. The van der Waals surface area contributed by atoms with Gasteiger partial charge in [0, 0.05) is 39.3 Å². The molecule has 1 aliphatic rings. The van der Waals surface area contributed by atoms with E-state index in [0.717, 1.165) is 51.4 Å². The zero-order chi connectivity index (χ0) is 17.4. The van der Waals surface area contributed by atoms with Crippen molar-refractivity contribution in [1.29, 1.82) is 0 Å². The second-order valence-electron chi connectivity index (χ2n) is 6.70. The van der Waals surface area contributed by atoms with E-state index in [2.05, 4.69) is 65.2 Å². The van der Waals surface area contributed by atoms with Gasteiger partial charge in [0.2, 0.25) is 0 Å². The number of hydrogen-bond donors (Lipinski definition) is 2. The van der Waals surface area contributed by atoms with Crippen LogP contribution in [0.2, 0.25) is 0 Å². The molecule has 2 rings (SSSR count). The first kappa shape index (κ1) is 18.5. The van der Waals surface area contributed by atoms with E-state index in [9.17, 15) is 0 Å². The van der Waals surface area contributed by atoms with Crippen LogP contribution in [0.5, 0.6) is 0 Å². The summed E-state index contributed by atoms with van der Waals surface area (Å²) in [6.45, 7) is 12.4. The molecule has 1 fully saturated rings. The van der Waals surface area contributed by atoms with Crippen LogP contribution in [-0.2, 0) is 13.0 Å². The van der Waals surface area contributed by atoms with E-state index in [0.29, 0.717) is 6.04 Å². The van der Waals surface area contributed by atoms with Gasteiger partial charge in [-0.25, -0.2) is 0 Å². The lowest BCUT2D eigenvalue weighted by molar-refractivity contribution is 0.221. The molecule has 0 atom stereocenters. The highest BCUT2D eigenvalue weighted by molar-refractivity contribution is 5.80. The minimum absolute atomic E-state index is 0.499. The van der Waals surface area contributed by atoms with Crippen LogP contribution < -0.4 is 10.6 Å². The van der Waals surface area contributed by atoms with Gasteiger partial charge in [-0.05, 0) is 37.3 Å². The molecule has 0 amide bonds. The first-order chi connectivity index (χ1) is 11.6. The number of nitrogens with one attached hydrogen (secondary N) is 2. The summed E-state index contributed by atoms with van der Waals surface area (Å²) in [6, 6.07) is 9.09. The normalized spacial score (nSPS) is 16.9. The standard InChI is InChI=1S/C20H32N4/c1-5-17-8-6-7-9-18(17)14-22-20(21-4)23-19-10-12-24(13-11-19)15-16(2)3/h6-9,19H,2,5,10-15H2,1,3-4H3,(H2,21,22,23). The Hall–Kier alpha value is -1.81. The van der Waals surface area contributed by atoms with Crippen molar-refractivity contribution in [2.24, 2.45) is 4.99 Å². The van der Waals surface area contributed by atoms with Crippen LogP contribution in [0.3, 0.4) is 0 Å². The fourth-order valence-electron chi connectivity index (χ4n) is 3.26. The summed E-state index contributed by atoms with van der Waals surface area (Å²) in [7, 11) is 1.84. The first-order valence-corrected chi connectivity index (χ1v) is 9.03. The van der Waals surface area contributed by atoms with E-state index >= 15 is 0 Å². The summed E-state index contributed by atoms with van der Waals surface area (Å²) in [5.74, 6) is 0.902. The number of nitrogens with zero attached hydrogens (tertiary/aromatic N) is 2. The lowest BCUT2D eigenvalue weighted by Crippen LogP contribution is -2.48. The van der Waals surface area contributed by atoms with Crippen molar-refractivity contribution in [3.05, 3.63) is 47.5 Å². The number of hydrogen-bond acceptors (Lipinski definition) is 2. The van der Waals surface area contributed by atoms with Crippen LogP contribution >= 0.6 is 0 Å². The van der Waals surface area contributed by atoms with E-state index in [1.165, 1.54) is 16.7 Å². The Labute approximate surface area is 147 Å². The Morgan fingerprint density at radius 1 is 1.25 bits per heavy atom. The Balaban J connectivity index is 1.80. The van der Waals surface area contributed by atoms with Gasteiger partial charge in [0.1, 0.15) is 0 Å². The fourth-order valence-corrected chi connectivity index (χ4v) is 3.26. The molecule has 0 unspecified atom stereocenters. The average molecular weight is 329 g/mol. The molecule has 4 nitrogen and oxygen atoms in total. The van der Waals surface area contributed by atoms with Gasteiger partial charge in [0.25, 0.3) is 0 Å². The van der Waals surface area contributed by atoms with Crippen molar-refractivity contribution in [2.45, 2.75) is 45.7 Å². The molecule has 0 saturated carbocycles. The van der Waals surface area contributed by atoms with Crippen molar-refractivity contribution in [2.75, 3.05) is 26.7 Å². The van der Waals surface area contributed by atoms with Gasteiger partial charge < -0.3 is 10.6 Å². The Morgan fingerprint density at radius 3 is 2.50 bits per heavy atom. The number of guanidine groups is 1. The molecule has 1 aromatic carbocycles. The molecular weight excluding hydrogens is 296 g/mol. The molecular formula is C20H32N4. The maximum atomic E-state index is 4.39. The number of aliphatic imine (C=N–C) groups is 1. The fraction of sp³-hybridized carbons (Fsp3) is 0.550. The van der Waals surface area contributed by atoms with Gasteiger partial charge in [-0.15, -0.1) is 0 Å². The zero-order valence-electron chi connectivity index (χ0n) is 15.4. The van der Waals surface area contributed by atoms with E-state index in [4.69, 9.17) is 0 Å². The predicted molar refractivity (Wildman–Crippen MR) is 103 cm³/mol. The third-order valence-electron chi connectivity index (χ3n) is 4.59. The molecule has 0 radical (unpaired) electrons. The lowest BCUT2D eigenvalue weighted by atomic mass is 10.0. The van der Waals surface area contributed by atoms with Gasteiger partial charge in [-0.1, -0.05) is 43.3 Å². The average Bonchev–Trinajstić information content (AvgIpc) is 2.59. The molecule has 0 aromatic heterocycles. The minimum atomic E-state index is 0.499. The van der Waals surface area contributed by atoms with E-state index in [-0.39, 0.29) is 0 Å². The van der Waals surface area contributed by atoms with E-state index in [1.54, 1.807) is 0 Å². The molecule has 1 aliphatic heterocycles. The SMILES string of the molecule is C=C(C)CN1CCC(NC(=NC)NCc2ccccc2CC)CC1. The highest BCUT2D eigenvalue weighted by Crippen LogP contribution is 2.12. The molecule has 1 heterocycles. The summed E-state index contributed by atoms with van der Waals surface area (Å²) in [4.78, 5) is 6.87. The molecule has 0 aliphatic carbocycles. The number of likely N-dealkylation sites (tertiary alicyclic amines) is 1. The largest absolute Gasteiger partial charge is 0.354 e. The number of aryl methyl sites for hydroxylation is 1. The van der Waals surface area contributed by atoms with Crippen molar-refractivity contribution in [3.8, 4) is 0 Å². The van der Waals surface area contributed by atoms with Crippen LogP contribution in [0.4, 0.5) is 0 Å². The van der Waals surface area contributed by atoms with Crippen LogP contribution in [0.25, 0.3) is 0 Å². The van der Waals surface area contributed by atoms with Crippen LogP contribution in [0.15, 0.2) is 41.4 Å². The third kappa shape index (κ3) is 5.68. The van der Waals surface area contributed by atoms with Crippen molar-refractivity contribution >= 4 is 5.96 Å². The summed E-state index contributed by atoms with van der Waals surface area (Å²) >= 11 is 0. The van der Waals surface area contributed by atoms with Crippen LogP contribution in [0.1, 0.15) is 37.8 Å². The van der Waals surface area contributed by atoms with Gasteiger partial charge in [-0.2, -0.15) is 0 Å². The molecule has 1 aromatic rings. The minimum Gasteiger partial charge on any atom is -0.354 e. The molecule has 2 N–H and O–H groups in total. The highest BCUT2D eigenvalue weighted by Gasteiger charge is 2.19. The highest BCUT2D eigenvalue weighted by atomic mass is 15.2. The Morgan fingerprint density at radius 2 is 1.92 bits per heavy atom. The smallest absolute Gasteiger partial charge is 0.191 e. The number of rotatable bonds is 6. The molecule has 0 spiro atoms. The maximum absolute atomic E-state index is 4.39. The molecule has 24 heavy (non-hydrogen) atoms. The Bertz CT molecular complexity index is 557. The monoisotopic (exact) mass is 328 g/mol. The first-order valence-electron chi connectivity index (χ1n) is 9.03. The van der Waals surface area contributed by atoms with Gasteiger partial charge >= 0.3 is 0 Å². The number of piperidine rings is 1. The van der Waals surface area contributed by atoms with Gasteiger partial charge in [0.15, 0.2) is 5.96 Å². The quantitative estimate of drug-likeness (QED) is 0.479. The summed E-state index contributed by atoms with van der Waals surface area (Å²) in [5.41, 5.74) is 3.99. The number of benzene rings is 1. The second kappa shape index (κ2) is 9.48. The predicted octanol–water partition coefficient (Wildman–Crippen LogP) is 2.95.